The van der Waals surface area contributed by atoms with Crippen molar-refractivity contribution in [1.29, 1.82) is 0 Å². The summed E-state index contributed by atoms with van der Waals surface area (Å²) in [7, 11) is 5.49. The van der Waals surface area contributed by atoms with Crippen molar-refractivity contribution >= 4 is 17.9 Å². The first-order valence-electron chi connectivity index (χ1n) is 20.3. The molecule has 0 saturated carbocycles. The highest BCUT2D eigenvalue weighted by atomic mass is 16.6. The van der Waals surface area contributed by atoms with Gasteiger partial charge in [-0.15, -0.1) is 0 Å². The molecule has 0 aliphatic carbocycles. The molecule has 0 bridgehead atoms. The lowest BCUT2D eigenvalue weighted by Crippen LogP contribution is -2.50. The largest absolute Gasteiger partial charge is 0.477 e. The molecule has 0 heterocycles. The van der Waals surface area contributed by atoms with E-state index in [0.29, 0.717) is 19.3 Å². The molecule has 0 aromatic rings. The molecule has 0 aromatic carbocycles. The van der Waals surface area contributed by atoms with Gasteiger partial charge in [-0.1, -0.05) is 120 Å². The molecule has 0 fully saturated rings. The molecule has 0 aliphatic rings. The van der Waals surface area contributed by atoms with Crippen LogP contribution in [-0.2, 0) is 28.6 Å². The molecule has 0 radical (unpaired) electrons. The van der Waals surface area contributed by atoms with Gasteiger partial charge in [0.05, 0.1) is 34.4 Å². The maximum absolute atomic E-state index is 12.6. The quantitative estimate of drug-likeness (QED) is 0.0300. The molecule has 0 amide bonds. The van der Waals surface area contributed by atoms with Crippen LogP contribution >= 0.6 is 0 Å². The van der Waals surface area contributed by atoms with E-state index < -0.39 is 18.1 Å². The van der Waals surface area contributed by atoms with Gasteiger partial charge in [0.25, 0.3) is 0 Å². The smallest absolute Gasteiger partial charge is 0.362 e. The van der Waals surface area contributed by atoms with E-state index in [4.69, 9.17) is 14.2 Å². The highest BCUT2D eigenvalue weighted by molar-refractivity contribution is 5.72. The molecular formula is C44H76NO7+. The van der Waals surface area contributed by atoms with Crippen molar-refractivity contribution in [2.24, 2.45) is 0 Å². The molecular weight excluding hydrogens is 654 g/mol. The Morgan fingerprint density at radius 1 is 0.577 bits per heavy atom. The first kappa shape index (κ1) is 49.0. The lowest BCUT2D eigenvalue weighted by Gasteiger charge is -2.31. The summed E-state index contributed by atoms with van der Waals surface area (Å²) in [5, 5.41) is 9.59. The molecule has 298 valence electrons. The minimum atomic E-state index is -0.887. The number of quaternary nitrogens is 1. The van der Waals surface area contributed by atoms with Gasteiger partial charge in [-0.3, -0.25) is 9.59 Å². The standard InChI is InChI=1S/C44H75NO7/c1-6-8-10-12-14-16-18-19-20-21-22-23-25-26-28-30-32-34-42(46)51-39-40(38-50-37-36-41(44(48)49)45(3,4)5)52-43(47)35-33-31-29-27-24-17-15-13-11-9-7-2/h13-16,19-20,22-23,26,28,40-41H,6-12,17-18,21,24-25,27,29-39H2,1-5H3/p+1/b15-13+,16-14+,20-19+,23-22+,28-26+. The van der Waals surface area contributed by atoms with Crippen LogP contribution in [0.15, 0.2) is 60.8 Å². The zero-order valence-electron chi connectivity index (χ0n) is 33.7. The van der Waals surface area contributed by atoms with Crippen LogP contribution in [0.3, 0.4) is 0 Å². The molecule has 8 nitrogen and oxygen atoms in total. The van der Waals surface area contributed by atoms with Gasteiger partial charge in [0.2, 0.25) is 0 Å². The summed E-state index contributed by atoms with van der Waals surface area (Å²) in [5.41, 5.74) is 0. The van der Waals surface area contributed by atoms with E-state index in [9.17, 15) is 19.5 Å². The lowest BCUT2D eigenvalue weighted by atomic mass is 10.1. The second kappa shape index (κ2) is 35.1. The molecule has 52 heavy (non-hydrogen) atoms. The number of carbonyl (C=O) groups is 3. The average molecular weight is 731 g/mol. The molecule has 2 atom stereocenters. The minimum absolute atomic E-state index is 0.0382. The lowest BCUT2D eigenvalue weighted by molar-refractivity contribution is -0.887. The third-order valence-electron chi connectivity index (χ3n) is 8.64. The minimum Gasteiger partial charge on any atom is -0.477 e. The first-order chi connectivity index (χ1) is 25.1. The molecule has 1 N–H and O–H groups in total. The third-order valence-corrected chi connectivity index (χ3v) is 8.64. The van der Waals surface area contributed by atoms with Crippen LogP contribution in [0.25, 0.3) is 0 Å². The predicted octanol–water partition coefficient (Wildman–Crippen LogP) is 10.6. The van der Waals surface area contributed by atoms with Crippen LogP contribution < -0.4 is 0 Å². The number of nitrogens with zero attached hydrogens (tertiary/aromatic N) is 1. The Labute approximate surface area is 318 Å². The molecule has 2 unspecified atom stereocenters. The highest BCUT2D eigenvalue weighted by Gasteiger charge is 2.31. The van der Waals surface area contributed by atoms with Crippen molar-refractivity contribution in [1.82, 2.24) is 0 Å². The van der Waals surface area contributed by atoms with Gasteiger partial charge in [-0.25, -0.2) is 4.79 Å². The number of hydrogen-bond acceptors (Lipinski definition) is 6. The van der Waals surface area contributed by atoms with Gasteiger partial charge < -0.3 is 23.8 Å². The zero-order chi connectivity index (χ0) is 38.5. The van der Waals surface area contributed by atoms with E-state index >= 15 is 0 Å². The van der Waals surface area contributed by atoms with Gasteiger partial charge >= 0.3 is 17.9 Å². The third kappa shape index (κ3) is 32.9. The summed E-state index contributed by atoms with van der Waals surface area (Å²) in [6.45, 7) is 4.58. The van der Waals surface area contributed by atoms with Crippen LogP contribution in [0, 0.1) is 0 Å². The summed E-state index contributed by atoms with van der Waals surface area (Å²) in [6, 6.07) is -0.625. The average Bonchev–Trinajstić information content (AvgIpc) is 3.09. The van der Waals surface area contributed by atoms with Crippen LogP contribution in [-0.4, -0.2) is 80.6 Å². The number of esters is 2. The summed E-state index contributed by atoms with van der Waals surface area (Å²) in [4.78, 5) is 36.8. The number of aliphatic carboxylic acids is 1. The van der Waals surface area contributed by atoms with Crippen LogP contribution in [0.5, 0.6) is 0 Å². The molecule has 8 heteroatoms. The summed E-state index contributed by atoms with van der Waals surface area (Å²) < 4.78 is 17.1. The Bertz CT molecular complexity index is 1040. The number of unbranched alkanes of at least 4 members (excludes halogenated alkanes) is 11. The number of allylic oxidation sites excluding steroid dienone is 10. The Balaban J connectivity index is 4.49. The fourth-order valence-corrected chi connectivity index (χ4v) is 5.42. The van der Waals surface area contributed by atoms with Crippen molar-refractivity contribution in [3.63, 3.8) is 0 Å². The van der Waals surface area contributed by atoms with E-state index in [1.165, 1.54) is 38.5 Å². The predicted molar refractivity (Wildman–Crippen MR) is 215 cm³/mol. The summed E-state index contributed by atoms with van der Waals surface area (Å²) in [6.07, 6.45) is 41.3. The molecule has 0 saturated heterocycles. The monoisotopic (exact) mass is 731 g/mol. The molecule has 0 rings (SSSR count). The number of hydrogen-bond donors (Lipinski definition) is 1. The number of carboxylic acids is 1. The van der Waals surface area contributed by atoms with Crippen molar-refractivity contribution < 1.29 is 38.2 Å². The topological polar surface area (TPSA) is 99.1 Å². The maximum Gasteiger partial charge on any atom is 0.362 e. The van der Waals surface area contributed by atoms with Crippen LogP contribution in [0.1, 0.15) is 149 Å². The van der Waals surface area contributed by atoms with Gasteiger partial charge in [0.1, 0.15) is 6.61 Å². The van der Waals surface area contributed by atoms with Crippen molar-refractivity contribution in [2.75, 3.05) is 41.0 Å². The highest BCUT2D eigenvalue weighted by Crippen LogP contribution is 2.12. The van der Waals surface area contributed by atoms with E-state index in [2.05, 4.69) is 74.6 Å². The molecule has 0 aliphatic heterocycles. The molecule has 0 aromatic heterocycles. The van der Waals surface area contributed by atoms with Gasteiger partial charge in [-0.2, -0.15) is 0 Å². The van der Waals surface area contributed by atoms with Crippen LogP contribution in [0.4, 0.5) is 0 Å². The van der Waals surface area contributed by atoms with Crippen molar-refractivity contribution in [3.05, 3.63) is 60.8 Å². The molecule has 0 spiro atoms. The second-order valence-electron chi connectivity index (χ2n) is 14.5. The van der Waals surface area contributed by atoms with E-state index in [0.717, 1.165) is 70.6 Å². The van der Waals surface area contributed by atoms with E-state index in [1.54, 1.807) is 0 Å². The summed E-state index contributed by atoms with van der Waals surface area (Å²) >= 11 is 0. The maximum atomic E-state index is 12.6. The Hall–Kier alpha value is -2.97. The van der Waals surface area contributed by atoms with Gasteiger partial charge in [0.15, 0.2) is 12.1 Å². The zero-order valence-corrected chi connectivity index (χ0v) is 33.7. The van der Waals surface area contributed by atoms with Gasteiger partial charge in [-0.05, 0) is 70.6 Å². The summed E-state index contributed by atoms with van der Waals surface area (Å²) in [5.74, 6) is -1.56. The fourth-order valence-electron chi connectivity index (χ4n) is 5.42. The number of ether oxygens (including phenoxy) is 3. The van der Waals surface area contributed by atoms with Gasteiger partial charge in [0, 0.05) is 19.3 Å². The number of rotatable bonds is 35. The van der Waals surface area contributed by atoms with E-state index in [-0.39, 0.29) is 42.7 Å². The first-order valence-corrected chi connectivity index (χ1v) is 20.3. The number of carboxylic acid groups (broad SMARTS) is 1. The SMILES string of the molecule is CCCC/C=C/CCCCCCCC(=O)OC(COCCC(C(=O)O)[N+](C)(C)C)COC(=O)CCC/C=C/C/C=C/C/C=C/C/C=C/CCCCC. The Morgan fingerprint density at radius 3 is 1.63 bits per heavy atom. The number of carbonyl (C=O) groups excluding carboxylic acids is 2. The second-order valence-corrected chi connectivity index (χ2v) is 14.5. The normalized spacial score (nSPS) is 13.6. The van der Waals surface area contributed by atoms with Crippen molar-refractivity contribution in [2.45, 2.75) is 161 Å². The van der Waals surface area contributed by atoms with Crippen LogP contribution in [0.2, 0.25) is 0 Å². The Morgan fingerprint density at radius 2 is 1.06 bits per heavy atom. The fraction of sp³-hybridized carbons (Fsp3) is 0.705. The van der Waals surface area contributed by atoms with Crippen molar-refractivity contribution in [3.8, 4) is 0 Å². The van der Waals surface area contributed by atoms with E-state index in [1.807, 2.05) is 21.1 Å². The number of likely N-dealkylation sites (N-methyl/N-ethyl adjacent to an activating group) is 1. The Kier molecular flexibility index (Phi) is 33.1.